The van der Waals surface area contributed by atoms with Crippen LogP contribution in [0.15, 0.2) is 10.5 Å². The number of hydrogen-bond acceptors (Lipinski definition) is 3. The number of esters is 1. The lowest BCUT2D eigenvalue weighted by molar-refractivity contribution is -0.139. The highest BCUT2D eigenvalue weighted by atomic mass is 79.9. The minimum absolute atomic E-state index is 0.0308. The summed E-state index contributed by atoms with van der Waals surface area (Å²) in [5.74, 6) is -0.646. The maximum Gasteiger partial charge on any atom is 0.311 e. The van der Waals surface area contributed by atoms with E-state index < -0.39 is 12.4 Å². The van der Waals surface area contributed by atoms with Crippen molar-refractivity contribution < 1.29 is 18.3 Å². The van der Waals surface area contributed by atoms with E-state index in [1.165, 1.54) is 7.11 Å². The molecule has 0 aliphatic carbocycles. The summed E-state index contributed by atoms with van der Waals surface area (Å²) in [5.41, 5.74) is -0.406. The second-order valence-corrected chi connectivity index (χ2v) is 4.06. The summed E-state index contributed by atoms with van der Waals surface area (Å²) in [5, 5.41) is 0.0308. The predicted octanol–water partition coefficient (Wildman–Crippen LogP) is 3.15. The molecule has 0 amide bonds. The molecule has 0 saturated carbocycles. The lowest BCUT2D eigenvalue weighted by Gasteiger charge is -2.08. The number of methoxy groups -OCH3 is 1. The summed E-state index contributed by atoms with van der Waals surface area (Å²) in [6.07, 6.45) is -3.05. The lowest BCUT2D eigenvalue weighted by atomic mass is 10.1. The van der Waals surface area contributed by atoms with Crippen LogP contribution in [0.3, 0.4) is 0 Å². The SMILES string of the molecule is COC(=O)Cc1nc(Cl)c(Br)cc1C(F)F. The molecule has 0 aromatic carbocycles. The molecule has 0 radical (unpaired) electrons. The van der Waals surface area contributed by atoms with Crippen LogP contribution in [0.5, 0.6) is 0 Å². The van der Waals surface area contributed by atoms with Gasteiger partial charge in [-0.25, -0.2) is 13.8 Å². The first-order valence-corrected chi connectivity index (χ1v) is 5.32. The molecule has 1 aromatic rings. The number of carbonyl (C=O) groups excluding carboxylic acids is 1. The zero-order valence-corrected chi connectivity index (χ0v) is 10.5. The highest BCUT2D eigenvalue weighted by molar-refractivity contribution is 9.10. The monoisotopic (exact) mass is 313 g/mol. The van der Waals surface area contributed by atoms with E-state index >= 15 is 0 Å². The molecule has 0 spiro atoms. The largest absolute Gasteiger partial charge is 0.469 e. The smallest absolute Gasteiger partial charge is 0.311 e. The van der Waals surface area contributed by atoms with Gasteiger partial charge in [-0.3, -0.25) is 4.79 Å². The van der Waals surface area contributed by atoms with Gasteiger partial charge in [0.15, 0.2) is 0 Å². The molecular formula is C9H7BrClF2NO2. The highest BCUT2D eigenvalue weighted by Crippen LogP contribution is 2.29. The summed E-state index contributed by atoms with van der Waals surface area (Å²) in [7, 11) is 1.17. The Labute approximate surface area is 104 Å². The number of halogens is 4. The van der Waals surface area contributed by atoms with E-state index in [1.807, 2.05) is 0 Å². The summed E-state index contributed by atoms with van der Waals surface area (Å²) >= 11 is 8.65. The van der Waals surface area contributed by atoms with Gasteiger partial charge in [0.1, 0.15) is 5.15 Å². The Bertz CT molecular complexity index is 415. The summed E-state index contributed by atoms with van der Waals surface area (Å²) in [4.78, 5) is 14.7. The first-order chi connectivity index (χ1) is 7.45. The molecule has 0 bridgehead atoms. The van der Waals surface area contributed by atoms with Crippen molar-refractivity contribution in [2.45, 2.75) is 12.8 Å². The quantitative estimate of drug-likeness (QED) is 0.635. The van der Waals surface area contributed by atoms with E-state index in [4.69, 9.17) is 11.6 Å². The van der Waals surface area contributed by atoms with Crippen LogP contribution in [0.25, 0.3) is 0 Å². The predicted molar refractivity (Wildman–Crippen MR) is 57.6 cm³/mol. The number of nitrogens with zero attached hydrogens (tertiary/aromatic N) is 1. The van der Waals surface area contributed by atoms with Crippen molar-refractivity contribution in [2.75, 3.05) is 7.11 Å². The molecule has 0 aliphatic heterocycles. The zero-order valence-electron chi connectivity index (χ0n) is 8.14. The molecule has 88 valence electrons. The molecular weight excluding hydrogens is 307 g/mol. The number of rotatable bonds is 3. The van der Waals surface area contributed by atoms with Crippen LogP contribution in [0, 0.1) is 0 Å². The minimum Gasteiger partial charge on any atom is -0.469 e. The molecule has 3 nitrogen and oxygen atoms in total. The standard InChI is InChI=1S/C9H7BrClF2NO2/c1-16-7(15)3-6-4(9(12)13)2-5(10)8(11)14-6/h2,9H,3H2,1H3. The molecule has 0 N–H and O–H groups in total. The second kappa shape index (κ2) is 5.54. The maximum absolute atomic E-state index is 12.6. The Kier molecular flexibility index (Phi) is 4.61. The van der Waals surface area contributed by atoms with Crippen molar-refractivity contribution in [1.82, 2.24) is 4.98 Å². The normalized spacial score (nSPS) is 10.6. The fourth-order valence-corrected chi connectivity index (χ4v) is 1.55. The van der Waals surface area contributed by atoms with Crippen molar-refractivity contribution in [1.29, 1.82) is 0 Å². The lowest BCUT2D eigenvalue weighted by Crippen LogP contribution is -2.09. The van der Waals surface area contributed by atoms with Crippen LogP contribution < -0.4 is 0 Å². The van der Waals surface area contributed by atoms with Crippen LogP contribution in [0.1, 0.15) is 17.7 Å². The van der Waals surface area contributed by atoms with Crippen LogP contribution in [-0.2, 0) is 16.0 Å². The molecule has 0 aliphatic rings. The van der Waals surface area contributed by atoms with Crippen molar-refractivity contribution in [3.8, 4) is 0 Å². The summed E-state index contributed by atoms with van der Waals surface area (Å²) in [6.45, 7) is 0. The molecule has 0 unspecified atom stereocenters. The fraction of sp³-hybridized carbons (Fsp3) is 0.333. The van der Waals surface area contributed by atoms with Gasteiger partial charge in [-0.2, -0.15) is 0 Å². The number of carbonyl (C=O) groups is 1. The Morgan fingerprint density at radius 3 is 2.81 bits per heavy atom. The zero-order chi connectivity index (χ0) is 12.3. The van der Waals surface area contributed by atoms with Gasteiger partial charge in [0.2, 0.25) is 0 Å². The molecule has 16 heavy (non-hydrogen) atoms. The van der Waals surface area contributed by atoms with Crippen molar-refractivity contribution in [2.24, 2.45) is 0 Å². The van der Waals surface area contributed by atoms with Gasteiger partial charge in [-0.05, 0) is 22.0 Å². The van der Waals surface area contributed by atoms with Gasteiger partial charge < -0.3 is 4.74 Å². The topological polar surface area (TPSA) is 39.2 Å². The number of pyridine rings is 1. The van der Waals surface area contributed by atoms with Crippen molar-refractivity contribution >= 4 is 33.5 Å². The van der Waals surface area contributed by atoms with Gasteiger partial charge in [-0.1, -0.05) is 11.6 Å². The van der Waals surface area contributed by atoms with Crippen molar-refractivity contribution in [3.05, 3.63) is 26.9 Å². The summed E-state index contributed by atoms with van der Waals surface area (Å²) < 4.78 is 29.9. The number of ether oxygens (including phenoxy) is 1. The van der Waals surface area contributed by atoms with Crippen LogP contribution in [0.4, 0.5) is 8.78 Å². The Hall–Kier alpha value is -0.750. The fourth-order valence-electron chi connectivity index (χ4n) is 1.06. The third-order valence-electron chi connectivity index (χ3n) is 1.82. The number of alkyl halides is 2. The van der Waals surface area contributed by atoms with E-state index in [1.54, 1.807) is 0 Å². The molecule has 1 aromatic heterocycles. The highest BCUT2D eigenvalue weighted by Gasteiger charge is 2.19. The van der Waals surface area contributed by atoms with Crippen molar-refractivity contribution in [3.63, 3.8) is 0 Å². The first-order valence-electron chi connectivity index (χ1n) is 4.15. The van der Waals surface area contributed by atoms with E-state index in [0.717, 1.165) is 6.07 Å². The molecule has 0 atom stereocenters. The molecule has 0 fully saturated rings. The minimum atomic E-state index is -2.72. The van der Waals surface area contributed by atoms with Gasteiger partial charge >= 0.3 is 5.97 Å². The van der Waals surface area contributed by atoms with Crippen LogP contribution >= 0.6 is 27.5 Å². The molecule has 1 heterocycles. The van der Waals surface area contributed by atoms with E-state index in [0.29, 0.717) is 0 Å². The maximum atomic E-state index is 12.6. The van der Waals surface area contributed by atoms with Gasteiger partial charge in [-0.15, -0.1) is 0 Å². The average Bonchev–Trinajstić information content (AvgIpc) is 2.22. The van der Waals surface area contributed by atoms with E-state index in [9.17, 15) is 13.6 Å². The number of hydrogen-bond donors (Lipinski definition) is 0. The average molecular weight is 315 g/mol. The van der Waals surface area contributed by atoms with E-state index in [2.05, 4.69) is 25.7 Å². The Morgan fingerprint density at radius 1 is 1.69 bits per heavy atom. The summed E-state index contributed by atoms with van der Waals surface area (Å²) in [6, 6.07) is 1.15. The number of aromatic nitrogens is 1. The van der Waals surface area contributed by atoms with Gasteiger partial charge in [0, 0.05) is 5.56 Å². The molecule has 1 rings (SSSR count). The molecule has 7 heteroatoms. The third-order valence-corrected chi connectivity index (χ3v) is 2.94. The van der Waals surface area contributed by atoms with E-state index in [-0.39, 0.29) is 27.3 Å². The van der Waals surface area contributed by atoms with Gasteiger partial charge in [0.25, 0.3) is 6.43 Å². The Balaban J connectivity index is 3.14. The second-order valence-electron chi connectivity index (χ2n) is 2.85. The van der Waals surface area contributed by atoms with Gasteiger partial charge in [0.05, 0.1) is 23.7 Å². The Morgan fingerprint density at radius 2 is 2.31 bits per heavy atom. The van der Waals surface area contributed by atoms with Crippen LogP contribution in [0.2, 0.25) is 5.15 Å². The molecule has 0 saturated heterocycles. The van der Waals surface area contributed by atoms with Crippen LogP contribution in [-0.4, -0.2) is 18.1 Å². The third kappa shape index (κ3) is 3.12. The first kappa shape index (κ1) is 13.3.